The molecule has 0 saturated carbocycles. The zero-order valence-corrected chi connectivity index (χ0v) is 13.7. The second-order valence-electron chi connectivity index (χ2n) is 5.45. The van der Waals surface area contributed by atoms with Crippen molar-refractivity contribution in [3.63, 3.8) is 0 Å². The van der Waals surface area contributed by atoms with E-state index >= 15 is 0 Å². The molecule has 7 heteroatoms. The molecular weight excluding hydrogens is 340 g/mol. The van der Waals surface area contributed by atoms with Crippen LogP contribution in [0.15, 0.2) is 59.3 Å². The number of amides is 1. The van der Waals surface area contributed by atoms with Gasteiger partial charge in [-0.05, 0) is 30.3 Å². The number of rotatable bonds is 4. The molecule has 0 bridgehead atoms. The highest BCUT2D eigenvalue weighted by Crippen LogP contribution is 2.19. The SMILES string of the molecule is O=C(NCc1nc(-c2ccc(Cl)cc2)no1)c1c[nH]c2ccccc12. The molecule has 0 aliphatic carbocycles. The third-order valence-electron chi connectivity index (χ3n) is 3.80. The van der Waals surface area contributed by atoms with E-state index in [1.807, 2.05) is 36.4 Å². The van der Waals surface area contributed by atoms with Crippen LogP contribution in [0.3, 0.4) is 0 Å². The fourth-order valence-electron chi connectivity index (χ4n) is 2.55. The molecule has 0 fully saturated rings. The van der Waals surface area contributed by atoms with E-state index in [9.17, 15) is 4.79 Å². The Hall–Kier alpha value is -3.12. The van der Waals surface area contributed by atoms with E-state index < -0.39 is 0 Å². The maximum absolute atomic E-state index is 12.4. The lowest BCUT2D eigenvalue weighted by atomic mass is 10.1. The number of halogens is 1. The Bertz CT molecular complexity index is 1040. The normalized spacial score (nSPS) is 10.9. The maximum atomic E-state index is 12.4. The van der Waals surface area contributed by atoms with Crippen LogP contribution in [0.1, 0.15) is 16.2 Å². The second kappa shape index (κ2) is 6.41. The lowest BCUT2D eigenvalue weighted by Gasteiger charge is -2.00. The highest BCUT2D eigenvalue weighted by molar-refractivity contribution is 6.30. The zero-order chi connectivity index (χ0) is 17.2. The van der Waals surface area contributed by atoms with Crippen LogP contribution in [-0.2, 0) is 6.54 Å². The molecule has 2 aromatic heterocycles. The number of carbonyl (C=O) groups is 1. The summed E-state index contributed by atoms with van der Waals surface area (Å²) in [5, 5.41) is 8.22. The third-order valence-corrected chi connectivity index (χ3v) is 4.06. The molecule has 1 amide bonds. The number of benzene rings is 2. The van der Waals surface area contributed by atoms with Crippen LogP contribution < -0.4 is 5.32 Å². The first-order valence-corrected chi connectivity index (χ1v) is 8.01. The molecule has 0 unspecified atom stereocenters. The molecule has 6 nitrogen and oxygen atoms in total. The minimum Gasteiger partial charge on any atom is -0.360 e. The van der Waals surface area contributed by atoms with Gasteiger partial charge in [0.25, 0.3) is 5.91 Å². The summed E-state index contributed by atoms with van der Waals surface area (Å²) in [7, 11) is 0. The number of hydrogen-bond acceptors (Lipinski definition) is 4. The number of aromatic nitrogens is 3. The first-order chi connectivity index (χ1) is 12.2. The van der Waals surface area contributed by atoms with Crippen LogP contribution in [0.25, 0.3) is 22.3 Å². The van der Waals surface area contributed by atoms with Crippen molar-refractivity contribution < 1.29 is 9.32 Å². The van der Waals surface area contributed by atoms with Crippen molar-refractivity contribution in [2.75, 3.05) is 0 Å². The number of nitrogens with one attached hydrogen (secondary N) is 2. The smallest absolute Gasteiger partial charge is 0.253 e. The first kappa shape index (κ1) is 15.4. The Morgan fingerprint density at radius 2 is 1.96 bits per heavy atom. The number of carbonyl (C=O) groups excluding carboxylic acids is 1. The van der Waals surface area contributed by atoms with Crippen molar-refractivity contribution in [1.29, 1.82) is 0 Å². The summed E-state index contributed by atoms with van der Waals surface area (Å²) in [6.07, 6.45) is 1.69. The van der Waals surface area contributed by atoms with Gasteiger partial charge in [0.05, 0.1) is 12.1 Å². The van der Waals surface area contributed by atoms with Crippen molar-refractivity contribution in [1.82, 2.24) is 20.4 Å². The van der Waals surface area contributed by atoms with Crippen molar-refractivity contribution >= 4 is 28.4 Å². The zero-order valence-electron chi connectivity index (χ0n) is 13.0. The fraction of sp³-hybridized carbons (Fsp3) is 0.0556. The molecule has 4 aromatic rings. The fourth-order valence-corrected chi connectivity index (χ4v) is 2.68. The summed E-state index contributed by atoms with van der Waals surface area (Å²) in [4.78, 5) is 19.7. The van der Waals surface area contributed by atoms with Gasteiger partial charge in [0.15, 0.2) is 0 Å². The van der Waals surface area contributed by atoms with E-state index in [0.717, 1.165) is 16.5 Å². The van der Waals surface area contributed by atoms with Crippen molar-refractivity contribution in [2.24, 2.45) is 0 Å². The number of nitrogens with zero attached hydrogens (tertiary/aromatic N) is 2. The van der Waals surface area contributed by atoms with Gasteiger partial charge in [-0.2, -0.15) is 4.98 Å². The molecule has 0 atom stereocenters. The number of aromatic amines is 1. The van der Waals surface area contributed by atoms with E-state index in [0.29, 0.717) is 22.3 Å². The standard InChI is InChI=1S/C18H13ClN4O2/c19-12-7-5-11(6-8-12)17-22-16(25-23-17)10-21-18(24)14-9-20-15-4-2-1-3-13(14)15/h1-9,20H,10H2,(H,21,24). The van der Waals surface area contributed by atoms with E-state index in [1.54, 1.807) is 18.3 Å². The summed E-state index contributed by atoms with van der Waals surface area (Å²) < 4.78 is 5.19. The molecule has 0 saturated heterocycles. The highest BCUT2D eigenvalue weighted by atomic mass is 35.5. The van der Waals surface area contributed by atoms with Crippen LogP contribution in [0.4, 0.5) is 0 Å². The largest absolute Gasteiger partial charge is 0.360 e. The minimum absolute atomic E-state index is 0.152. The second-order valence-corrected chi connectivity index (χ2v) is 5.89. The predicted molar refractivity (Wildman–Crippen MR) is 94.2 cm³/mol. The third kappa shape index (κ3) is 3.12. The summed E-state index contributed by atoms with van der Waals surface area (Å²) in [5.41, 5.74) is 2.28. The van der Waals surface area contributed by atoms with Gasteiger partial charge in [0.1, 0.15) is 0 Å². The van der Waals surface area contributed by atoms with Crippen LogP contribution in [0.2, 0.25) is 5.02 Å². The molecule has 25 heavy (non-hydrogen) atoms. The summed E-state index contributed by atoms with van der Waals surface area (Å²) in [6.45, 7) is 0.152. The minimum atomic E-state index is -0.205. The molecule has 124 valence electrons. The van der Waals surface area contributed by atoms with Gasteiger partial charge in [0, 0.05) is 27.7 Å². The quantitative estimate of drug-likeness (QED) is 0.585. The number of hydrogen-bond donors (Lipinski definition) is 2. The lowest BCUT2D eigenvalue weighted by molar-refractivity contribution is 0.0948. The molecule has 0 radical (unpaired) electrons. The number of H-pyrrole nitrogens is 1. The topological polar surface area (TPSA) is 83.8 Å². The molecule has 0 spiro atoms. The van der Waals surface area contributed by atoms with Crippen LogP contribution in [-0.4, -0.2) is 21.0 Å². The van der Waals surface area contributed by atoms with Gasteiger partial charge in [-0.1, -0.05) is 35.0 Å². The Labute approximate surface area is 147 Å². The maximum Gasteiger partial charge on any atom is 0.253 e. The number of para-hydroxylation sites is 1. The van der Waals surface area contributed by atoms with E-state index in [-0.39, 0.29) is 12.5 Å². The van der Waals surface area contributed by atoms with Crippen molar-refractivity contribution in [2.45, 2.75) is 6.54 Å². The van der Waals surface area contributed by atoms with Gasteiger partial charge in [-0.15, -0.1) is 0 Å². The van der Waals surface area contributed by atoms with E-state index in [4.69, 9.17) is 16.1 Å². The molecule has 4 rings (SSSR count). The van der Waals surface area contributed by atoms with E-state index in [1.165, 1.54) is 0 Å². The van der Waals surface area contributed by atoms with Crippen LogP contribution in [0, 0.1) is 0 Å². The Morgan fingerprint density at radius 1 is 1.16 bits per heavy atom. The number of fused-ring (bicyclic) bond motifs is 1. The summed E-state index contributed by atoms with van der Waals surface area (Å²) >= 11 is 5.86. The van der Waals surface area contributed by atoms with Crippen molar-refractivity contribution in [3.05, 3.63) is 71.2 Å². The highest BCUT2D eigenvalue weighted by Gasteiger charge is 2.14. The van der Waals surface area contributed by atoms with E-state index in [2.05, 4.69) is 20.4 Å². The first-order valence-electron chi connectivity index (χ1n) is 7.63. The Kier molecular flexibility index (Phi) is 3.95. The molecule has 0 aliphatic heterocycles. The van der Waals surface area contributed by atoms with Crippen LogP contribution in [0.5, 0.6) is 0 Å². The Balaban J connectivity index is 1.46. The van der Waals surface area contributed by atoms with Crippen molar-refractivity contribution in [3.8, 4) is 11.4 Å². The molecule has 2 N–H and O–H groups in total. The molecule has 0 aliphatic rings. The molecular formula is C18H13ClN4O2. The van der Waals surface area contributed by atoms with Gasteiger partial charge in [0.2, 0.25) is 11.7 Å². The van der Waals surface area contributed by atoms with Crippen LogP contribution >= 0.6 is 11.6 Å². The van der Waals surface area contributed by atoms with Gasteiger partial charge < -0.3 is 14.8 Å². The molecule has 2 aromatic carbocycles. The monoisotopic (exact) mass is 352 g/mol. The average Bonchev–Trinajstić information content (AvgIpc) is 3.27. The average molecular weight is 353 g/mol. The summed E-state index contributed by atoms with van der Waals surface area (Å²) in [6, 6.07) is 14.7. The van der Waals surface area contributed by atoms with Gasteiger partial charge >= 0.3 is 0 Å². The Morgan fingerprint density at radius 3 is 2.80 bits per heavy atom. The molecule has 2 heterocycles. The lowest BCUT2D eigenvalue weighted by Crippen LogP contribution is -2.22. The van der Waals surface area contributed by atoms with Gasteiger partial charge in [-0.3, -0.25) is 4.79 Å². The predicted octanol–water partition coefficient (Wildman–Crippen LogP) is 3.80. The summed E-state index contributed by atoms with van der Waals surface area (Å²) in [5.74, 6) is 0.579. The van der Waals surface area contributed by atoms with Gasteiger partial charge in [-0.25, -0.2) is 0 Å².